The summed E-state index contributed by atoms with van der Waals surface area (Å²) in [7, 11) is 0. The first-order valence-corrected chi connectivity index (χ1v) is 19.0. The van der Waals surface area contributed by atoms with Crippen LogP contribution in [0.15, 0.2) is 152 Å². The first-order chi connectivity index (χ1) is 27.1. The maximum absolute atomic E-state index is 11.4. The Morgan fingerprint density at radius 1 is 0.436 bits per heavy atom. The molecule has 0 bridgehead atoms. The quantitative estimate of drug-likeness (QED) is 0.0986. The van der Waals surface area contributed by atoms with Crippen molar-refractivity contribution in [1.29, 1.82) is 0 Å². The number of benzene rings is 5. The van der Waals surface area contributed by atoms with Crippen molar-refractivity contribution in [2.24, 2.45) is 0 Å². The van der Waals surface area contributed by atoms with Crippen molar-refractivity contribution >= 4 is 0 Å². The zero-order valence-electron chi connectivity index (χ0n) is 31.1. The smallest absolute Gasteiger partial charge is 0.187 e. The van der Waals surface area contributed by atoms with Crippen LogP contribution >= 0.6 is 0 Å². The van der Waals surface area contributed by atoms with Gasteiger partial charge in [-0.25, -0.2) is 0 Å². The lowest BCUT2D eigenvalue weighted by Gasteiger charge is -2.44. The Labute approximate surface area is 323 Å². The average Bonchev–Trinajstić information content (AvgIpc) is 3.55. The second-order valence-corrected chi connectivity index (χ2v) is 13.9. The highest BCUT2D eigenvalue weighted by Crippen LogP contribution is 2.35. The van der Waals surface area contributed by atoms with E-state index in [2.05, 4.69) is 0 Å². The Kier molecular flexibility index (Phi) is 14.2. The molecular weight excluding hydrogens is 696 g/mol. The number of hydrogen-bond acceptors (Lipinski definition) is 9. The molecule has 9 nitrogen and oxygen atoms in total. The van der Waals surface area contributed by atoms with Crippen molar-refractivity contribution in [1.82, 2.24) is 0 Å². The van der Waals surface area contributed by atoms with E-state index in [1.165, 1.54) is 0 Å². The molecule has 9 atom stereocenters. The highest BCUT2D eigenvalue weighted by Gasteiger charge is 2.53. The summed E-state index contributed by atoms with van der Waals surface area (Å²) in [6.07, 6.45) is -6.96. The molecule has 0 radical (unpaired) electrons. The van der Waals surface area contributed by atoms with Gasteiger partial charge in [0, 0.05) is 0 Å². The van der Waals surface area contributed by atoms with Crippen LogP contribution in [0, 0.1) is 0 Å². The van der Waals surface area contributed by atoms with Crippen LogP contribution in [0.5, 0.6) is 0 Å². The summed E-state index contributed by atoms with van der Waals surface area (Å²) in [5.41, 5.74) is 5.00. The van der Waals surface area contributed by atoms with Gasteiger partial charge < -0.3 is 43.0 Å². The molecule has 7 rings (SSSR count). The Hall–Kier alpha value is -4.26. The summed E-state index contributed by atoms with van der Waals surface area (Å²) in [6.45, 7) is 3.67. The highest BCUT2D eigenvalue weighted by molar-refractivity contribution is 5.17. The lowest BCUT2D eigenvalue weighted by Crippen LogP contribution is -2.60. The van der Waals surface area contributed by atoms with Gasteiger partial charge in [0.25, 0.3) is 0 Å². The molecule has 5 aromatic carbocycles. The minimum Gasteiger partial charge on any atom is -0.374 e. The molecule has 2 fully saturated rings. The zero-order chi connectivity index (χ0) is 37.7. The fourth-order valence-electron chi connectivity index (χ4n) is 6.96. The average molecular weight is 747 g/mol. The summed E-state index contributed by atoms with van der Waals surface area (Å²) >= 11 is 0. The molecule has 2 saturated heterocycles. The molecule has 1 N–H and O–H groups in total. The Balaban J connectivity index is 1.18. The van der Waals surface area contributed by atoms with Gasteiger partial charge in [0.15, 0.2) is 12.6 Å². The Bertz CT molecular complexity index is 1740. The van der Waals surface area contributed by atoms with Crippen LogP contribution in [0.4, 0.5) is 0 Å². The van der Waals surface area contributed by atoms with Crippen LogP contribution in [0.3, 0.4) is 0 Å². The topological polar surface area (TPSA) is 94.1 Å². The third-order valence-corrected chi connectivity index (χ3v) is 9.84. The molecular formula is C46H50O9. The second kappa shape index (κ2) is 20.1. The monoisotopic (exact) mass is 746 g/mol. The normalized spacial score (nSPS) is 26.5. The number of aliphatic hydroxyl groups excluding tert-OH is 1. The minimum absolute atomic E-state index is 0.226. The van der Waals surface area contributed by atoms with E-state index in [4.69, 9.17) is 37.9 Å². The van der Waals surface area contributed by atoms with Gasteiger partial charge in [-0.1, -0.05) is 152 Å². The number of rotatable bonds is 18. The summed E-state index contributed by atoms with van der Waals surface area (Å²) in [6, 6.07) is 49.7. The van der Waals surface area contributed by atoms with E-state index < -0.39 is 55.3 Å². The molecule has 0 aromatic heterocycles. The van der Waals surface area contributed by atoms with Gasteiger partial charge >= 0.3 is 0 Å². The van der Waals surface area contributed by atoms with E-state index in [0.717, 1.165) is 27.8 Å². The number of hydrogen-bond donors (Lipinski definition) is 1. The van der Waals surface area contributed by atoms with E-state index in [9.17, 15) is 5.11 Å². The molecule has 2 heterocycles. The predicted octanol–water partition coefficient (Wildman–Crippen LogP) is 7.39. The van der Waals surface area contributed by atoms with Crippen LogP contribution in [-0.4, -0.2) is 67.0 Å². The van der Waals surface area contributed by atoms with Gasteiger partial charge in [0.2, 0.25) is 0 Å². The van der Waals surface area contributed by atoms with E-state index in [1.54, 1.807) is 0 Å². The first-order valence-electron chi connectivity index (χ1n) is 19.0. The lowest BCUT2D eigenvalue weighted by atomic mass is 9.98. The number of ether oxygens (including phenoxy) is 8. The molecule has 0 saturated carbocycles. The minimum atomic E-state index is -1.29. The maximum atomic E-state index is 11.4. The van der Waals surface area contributed by atoms with Gasteiger partial charge in [0.05, 0.1) is 45.7 Å². The molecule has 0 amide bonds. The molecule has 2 aliphatic heterocycles. The molecule has 9 heteroatoms. The van der Waals surface area contributed by atoms with Crippen molar-refractivity contribution in [3.05, 3.63) is 179 Å². The SMILES string of the molecule is C[C@@H]1O[C@@H](O)[C@H](OCc2ccccc2)[C@H](O[C@@H]2O[C@H](COCc3ccccc3)[C@@H](OCc3ccccc3)[C@H]2OCc2ccccc2)[C@H]1OCc1ccccc1. The fraction of sp³-hybridized carbons (Fsp3) is 0.348. The standard InChI is InChI=1S/C46H50O9/c1-33-40(49-28-35-19-9-3-10-20-35)42(43(45(47)53-33)51-30-37-23-13-5-14-24-37)55-46-44(52-31-38-25-15-6-16-26-38)41(50-29-36-21-11-4-12-22-36)39(54-46)32-48-27-34-17-7-2-8-18-34/h2-26,33,39-47H,27-32H2,1H3/t33-,39+,40-,41+,42+,43+,44+,45+,46-/m0/s1. The van der Waals surface area contributed by atoms with E-state index in [-0.39, 0.29) is 13.2 Å². The third-order valence-electron chi connectivity index (χ3n) is 9.84. The van der Waals surface area contributed by atoms with Crippen LogP contribution in [0.2, 0.25) is 0 Å². The van der Waals surface area contributed by atoms with Gasteiger partial charge in [-0.15, -0.1) is 0 Å². The fourth-order valence-corrected chi connectivity index (χ4v) is 6.96. The molecule has 0 unspecified atom stereocenters. The van der Waals surface area contributed by atoms with Crippen molar-refractivity contribution in [3.63, 3.8) is 0 Å². The van der Waals surface area contributed by atoms with Crippen LogP contribution in [0.25, 0.3) is 0 Å². The maximum Gasteiger partial charge on any atom is 0.187 e. The van der Waals surface area contributed by atoms with Crippen molar-refractivity contribution in [3.8, 4) is 0 Å². The zero-order valence-corrected chi connectivity index (χ0v) is 31.1. The Morgan fingerprint density at radius 2 is 0.818 bits per heavy atom. The summed E-state index contributed by atoms with van der Waals surface area (Å²) in [4.78, 5) is 0. The van der Waals surface area contributed by atoms with Crippen molar-refractivity contribution < 1.29 is 43.0 Å². The summed E-state index contributed by atoms with van der Waals surface area (Å²) in [5.74, 6) is 0. The van der Waals surface area contributed by atoms with Gasteiger partial charge in [-0.05, 0) is 34.7 Å². The van der Waals surface area contributed by atoms with E-state index in [0.29, 0.717) is 26.4 Å². The van der Waals surface area contributed by atoms with Gasteiger partial charge in [0.1, 0.15) is 36.6 Å². The van der Waals surface area contributed by atoms with Crippen LogP contribution in [-0.2, 0) is 70.9 Å². The molecule has 5 aromatic rings. The van der Waals surface area contributed by atoms with E-state index in [1.807, 2.05) is 159 Å². The molecule has 288 valence electrons. The second-order valence-electron chi connectivity index (χ2n) is 13.9. The molecule has 0 spiro atoms. The summed E-state index contributed by atoms with van der Waals surface area (Å²) in [5, 5.41) is 11.4. The largest absolute Gasteiger partial charge is 0.374 e. The Morgan fingerprint density at radius 3 is 1.27 bits per heavy atom. The predicted molar refractivity (Wildman–Crippen MR) is 206 cm³/mol. The lowest BCUT2D eigenvalue weighted by molar-refractivity contribution is -0.333. The molecule has 55 heavy (non-hydrogen) atoms. The van der Waals surface area contributed by atoms with Crippen LogP contribution in [0.1, 0.15) is 34.7 Å². The van der Waals surface area contributed by atoms with Crippen molar-refractivity contribution in [2.75, 3.05) is 6.61 Å². The van der Waals surface area contributed by atoms with Gasteiger partial charge in [-0.2, -0.15) is 0 Å². The summed E-state index contributed by atoms with van der Waals surface area (Å²) < 4.78 is 52.5. The third kappa shape index (κ3) is 11.0. The highest BCUT2D eigenvalue weighted by atomic mass is 16.8. The number of aliphatic hydroxyl groups is 1. The molecule has 0 aliphatic carbocycles. The van der Waals surface area contributed by atoms with Crippen LogP contribution < -0.4 is 0 Å². The van der Waals surface area contributed by atoms with Gasteiger partial charge in [-0.3, -0.25) is 0 Å². The van der Waals surface area contributed by atoms with Crippen molar-refractivity contribution in [2.45, 2.75) is 95.3 Å². The molecule has 2 aliphatic rings. The first kappa shape index (κ1) is 39.0. The van der Waals surface area contributed by atoms with E-state index >= 15 is 0 Å².